The fraction of sp³-hybridized carbons (Fsp3) is 0.600. The lowest BCUT2D eigenvalue weighted by Gasteiger charge is -2.29. The Morgan fingerprint density at radius 1 is 1.37 bits per heavy atom. The van der Waals surface area contributed by atoms with Crippen molar-refractivity contribution in [1.82, 2.24) is 5.32 Å². The highest BCUT2D eigenvalue weighted by molar-refractivity contribution is 5.36. The molecule has 1 heterocycles. The maximum absolute atomic E-state index is 5.85. The normalized spacial score (nSPS) is 16.9. The highest BCUT2D eigenvalue weighted by atomic mass is 16.6. The number of nitrogens with one attached hydrogen (secondary N) is 1. The average molecular weight is 265 g/mol. The van der Waals surface area contributed by atoms with Crippen LogP contribution in [0, 0.1) is 0 Å². The number of ether oxygens (including phenoxy) is 3. The van der Waals surface area contributed by atoms with Gasteiger partial charge in [0.05, 0.1) is 33.0 Å². The summed E-state index contributed by atoms with van der Waals surface area (Å²) >= 11 is 0. The van der Waals surface area contributed by atoms with E-state index in [4.69, 9.17) is 14.2 Å². The van der Waals surface area contributed by atoms with Gasteiger partial charge in [-0.05, 0) is 19.0 Å². The predicted molar refractivity (Wildman–Crippen MR) is 74.6 cm³/mol. The van der Waals surface area contributed by atoms with Crippen molar-refractivity contribution < 1.29 is 14.2 Å². The number of rotatable bonds is 8. The number of hydrogen-bond acceptors (Lipinski definition) is 4. The predicted octanol–water partition coefficient (Wildman–Crippen LogP) is 2.15. The van der Waals surface area contributed by atoms with Crippen molar-refractivity contribution in [3.63, 3.8) is 0 Å². The molecule has 0 aromatic heterocycles. The molecule has 0 saturated carbocycles. The van der Waals surface area contributed by atoms with Crippen LogP contribution in [0.4, 0.5) is 0 Å². The first-order chi connectivity index (χ1) is 9.35. The molecular weight excluding hydrogens is 242 g/mol. The third-order valence-corrected chi connectivity index (χ3v) is 3.26. The summed E-state index contributed by atoms with van der Waals surface area (Å²) in [5.41, 5.74) is 1.15. The second-order valence-electron chi connectivity index (χ2n) is 4.74. The summed E-state index contributed by atoms with van der Waals surface area (Å²) in [6, 6.07) is 8.26. The third-order valence-electron chi connectivity index (χ3n) is 3.26. The molecule has 1 aliphatic heterocycles. The fourth-order valence-corrected chi connectivity index (χ4v) is 2.07. The van der Waals surface area contributed by atoms with Crippen molar-refractivity contribution in [2.75, 3.05) is 33.5 Å². The Hall–Kier alpha value is -1.10. The van der Waals surface area contributed by atoms with Crippen molar-refractivity contribution >= 4 is 0 Å². The molecule has 1 N–H and O–H groups in total. The smallest absolute Gasteiger partial charge is 0.123 e. The van der Waals surface area contributed by atoms with E-state index in [9.17, 15) is 0 Å². The Bertz CT molecular complexity index is 379. The van der Waals surface area contributed by atoms with Gasteiger partial charge in [0.25, 0.3) is 0 Å². The minimum absolute atomic E-state index is 0.164. The molecule has 0 amide bonds. The van der Waals surface area contributed by atoms with E-state index in [-0.39, 0.29) is 12.1 Å². The molecule has 1 saturated heterocycles. The summed E-state index contributed by atoms with van der Waals surface area (Å²) < 4.78 is 16.4. The van der Waals surface area contributed by atoms with Gasteiger partial charge in [-0.15, -0.1) is 0 Å². The zero-order valence-electron chi connectivity index (χ0n) is 11.7. The number of methoxy groups -OCH3 is 1. The molecule has 1 aliphatic rings. The summed E-state index contributed by atoms with van der Waals surface area (Å²) in [4.78, 5) is 0. The third kappa shape index (κ3) is 3.93. The Kier molecular flexibility index (Phi) is 5.63. The summed E-state index contributed by atoms with van der Waals surface area (Å²) in [5, 5.41) is 3.52. The van der Waals surface area contributed by atoms with Gasteiger partial charge in [0.15, 0.2) is 0 Å². The SMILES string of the molecule is CCCNC(COC1COC1)c1ccccc1OC. The van der Waals surface area contributed by atoms with Gasteiger partial charge < -0.3 is 19.5 Å². The van der Waals surface area contributed by atoms with Crippen LogP contribution in [0.1, 0.15) is 24.9 Å². The molecule has 1 fully saturated rings. The molecule has 0 radical (unpaired) electrons. The zero-order valence-corrected chi connectivity index (χ0v) is 11.7. The standard InChI is InChI=1S/C15H23NO3/c1-3-8-16-14(11-19-12-9-18-10-12)13-6-4-5-7-15(13)17-2/h4-7,12,14,16H,3,8-11H2,1-2H3. The minimum Gasteiger partial charge on any atom is -0.496 e. The molecule has 4 nitrogen and oxygen atoms in total. The Morgan fingerprint density at radius 2 is 2.16 bits per heavy atom. The lowest BCUT2D eigenvalue weighted by molar-refractivity contribution is -0.133. The quantitative estimate of drug-likeness (QED) is 0.782. The summed E-state index contributed by atoms with van der Waals surface area (Å²) in [6.45, 7) is 5.20. The van der Waals surface area contributed by atoms with E-state index in [2.05, 4.69) is 18.3 Å². The molecule has 4 heteroatoms. The topological polar surface area (TPSA) is 39.7 Å². The van der Waals surface area contributed by atoms with E-state index in [0.29, 0.717) is 19.8 Å². The lowest BCUT2D eigenvalue weighted by Crippen LogP contribution is -2.38. The largest absolute Gasteiger partial charge is 0.496 e. The van der Waals surface area contributed by atoms with E-state index in [1.54, 1.807) is 7.11 Å². The zero-order chi connectivity index (χ0) is 13.5. The van der Waals surface area contributed by atoms with Crippen molar-refractivity contribution in [2.45, 2.75) is 25.5 Å². The maximum atomic E-state index is 5.85. The molecule has 0 aliphatic carbocycles. The van der Waals surface area contributed by atoms with E-state index in [1.807, 2.05) is 18.2 Å². The minimum atomic E-state index is 0.164. The first-order valence-electron chi connectivity index (χ1n) is 6.90. The molecule has 106 valence electrons. The van der Waals surface area contributed by atoms with Crippen LogP contribution in [0.25, 0.3) is 0 Å². The fourth-order valence-electron chi connectivity index (χ4n) is 2.07. The maximum Gasteiger partial charge on any atom is 0.123 e. The lowest BCUT2D eigenvalue weighted by atomic mass is 10.1. The van der Waals surface area contributed by atoms with Gasteiger partial charge >= 0.3 is 0 Å². The van der Waals surface area contributed by atoms with Gasteiger partial charge in [-0.3, -0.25) is 0 Å². The molecule has 1 aromatic carbocycles. The number of benzene rings is 1. The second-order valence-corrected chi connectivity index (χ2v) is 4.74. The molecular formula is C15H23NO3. The van der Waals surface area contributed by atoms with Crippen molar-refractivity contribution in [3.8, 4) is 5.75 Å². The molecule has 1 aromatic rings. The molecule has 0 spiro atoms. The summed E-state index contributed by atoms with van der Waals surface area (Å²) in [5.74, 6) is 0.907. The van der Waals surface area contributed by atoms with Crippen molar-refractivity contribution in [2.24, 2.45) is 0 Å². The number of hydrogen-bond donors (Lipinski definition) is 1. The van der Waals surface area contributed by atoms with Gasteiger partial charge in [-0.2, -0.15) is 0 Å². The van der Waals surface area contributed by atoms with E-state index in [0.717, 1.165) is 24.3 Å². The Labute approximate surface area is 115 Å². The van der Waals surface area contributed by atoms with Crippen LogP contribution in [-0.2, 0) is 9.47 Å². The summed E-state index contributed by atoms with van der Waals surface area (Å²) in [7, 11) is 1.70. The molecule has 19 heavy (non-hydrogen) atoms. The second kappa shape index (κ2) is 7.48. The molecule has 2 rings (SSSR count). The number of para-hydroxylation sites is 1. The van der Waals surface area contributed by atoms with Crippen LogP contribution in [0.2, 0.25) is 0 Å². The molecule has 1 atom stereocenters. The van der Waals surface area contributed by atoms with E-state index in [1.165, 1.54) is 0 Å². The first kappa shape index (κ1) is 14.3. The highest BCUT2D eigenvalue weighted by Crippen LogP contribution is 2.25. The Balaban J connectivity index is 2.01. The monoisotopic (exact) mass is 265 g/mol. The van der Waals surface area contributed by atoms with Gasteiger partial charge in [0.1, 0.15) is 11.9 Å². The van der Waals surface area contributed by atoms with E-state index >= 15 is 0 Å². The van der Waals surface area contributed by atoms with Crippen LogP contribution >= 0.6 is 0 Å². The van der Waals surface area contributed by atoms with Crippen LogP contribution in [0.15, 0.2) is 24.3 Å². The van der Waals surface area contributed by atoms with Crippen LogP contribution in [0.3, 0.4) is 0 Å². The van der Waals surface area contributed by atoms with Crippen molar-refractivity contribution in [1.29, 1.82) is 0 Å². The van der Waals surface area contributed by atoms with Crippen LogP contribution in [-0.4, -0.2) is 39.6 Å². The summed E-state index contributed by atoms with van der Waals surface area (Å²) in [6.07, 6.45) is 1.35. The molecule has 1 unspecified atom stereocenters. The van der Waals surface area contributed by atoms with Crippen LogP contribution in [0.5, 0.6) is 5.75 Å². The first-order valence-corrected chi connectivity index (χ1v) is 6.90. The van der Waals surface area contributed by atoms with Gasteiger partial charge in [0, 0.05) is 5.56 Å². The highest BCUT2D eigenvalue weighted by Gasteiger charge is 2.22. The van der Waals surface area contributed by atoms with Gasteiger partial charge in [-0.25, -0.2) is 0 Å². The Morgan fingerprint density at radius 3 is 2.79 bits per heavy atom. The average Bonchev–Trinajstić information content (AvgIpc) is 2.40. The van der Waals surface area contributed by atoms with Gasteiger partial charge in [-0.1, -0.05) is 25.1 Å². The van der Waals surface area contributed by atoms with Gasteiger partial charge in [0.2, 0.25) is 0 Å². The van der Waals surface area contributed by atoms with Crippen LogP contribution < -0.4 is 10.1 Å². The van der Waals surface area contributed by atoms with E-state index < -0.39 is 0 Å². The molecule has 0 bridgehead atoms. The van der Waals surface area contributed by atoms with Crippen molar-refractivity contribution in [3.05, 3.63) is 29.8 Å².